The van der Waals surface area contributed by atoms with E-state index in [1.807, 2.05) is 18.2 Å². The van der Waals surface area contributed by atoms with Crippen LogP contribution in [0.4, 0.5) is 0 Å². The largest absolute Gasteiger partial charge is 0.496 e. The van der Waals surface area contributed by atoms with E-state index >= 15 is 0 Å². The highest BCUT2D eigenvalue weighted by Crippen LogP contribution is 2.61. The molecule has 0 spiro atoms. The van der Waals surface area contributed by atoms with Crippen LogP contribution >= 0.6 is 7.92 Å². The van der Waals surface area contributed by atoms with E-state index in [-0.39, 0.29) is 11.0 Å². The molecule has 0 radical (unpaired) electrons. The number of methoxy groups -OCH3 is 2. The fourth-order valence-electron chi connectivity index (χ4n) is 4.24. The van der Waals surface area contributed by atoms with Crippen molar-refractivity contribution < 1.29 is 14.2 Å². The normalized spacial score (nSPS) is 17.9. The fraction of sp³-hybridized carbons (Fsp3) is 0.308. The third-order valence-corrected chi connectivity index (χ3v) is 8.72. The lowest BCUT2D eigenvalue weighted by Crippen LogP contribution is -2.26. The van der Waals surface area contributed by atoms with Gasteiger partial charge in [0, 0.05) is 17.3 Å². The molecule has 0 aromatic heterocycles. The maximum Gasteiger partial charge on any atom is 0.130 e. The van der Waals surface area contributed by atoms with Crippen molar-refractivity contribution in [1.29, 1.82) is 0 Å². The molecule has 4 heteroatoms. The first-order chi connectivity index (χ1) is 14.4. The first-order valence-electron chi connectivity index (χ1n) is 10.3. The topological polar surface area (TPSA) is 27.7 Å². The molecular weight excluding hydrogens is 391 g/mol. The summed E-state index contributed by atoms with van der Waals surface area (Å²) in [7, 11) is 2.82. The van der Waals surface area contributed by atoms with E-state index in [1.54, 1.807) is 14.2 Å². The lowest BCUT2D eigenvalue weighted by atomic mass is 10.0. The molecule has 156 valence electrons. The Balaban J connectivity index is 1.87. The molecule has 3 aromatic carbocycles. The van der Waals surface area contributed by atoms with Crippen LogP contribution < -0.4 is 19.5 Å². The second-order valence-electron chi connectivity index (χ2n) is 8.49. The molecule has 1 aliphatic rings. The van der Waals surface area contributed by atoms with Crippen molar-refractivity contribution in [2.45, 2.75) is 38.2 Å². The van der Waals surface area contributed by atoms with Crippen molar-refractivity contribution in [3.63, 3.8) is 0 Å². The van der Waals surface area contributed by atoms with Gasteiger partial charge in [0.05, 0.1) is 19.8 Å². The summed E-state index contributed by atoms with van der Waals surface area (Å²) in [5.74, 6) is 2.76. The second kappa shape index (κ2) is 8.32. The van der Waals surface area contributed by atoms with Crippen LogP contribution in [-0.4, -0.2) is 25.2 Å². The van der Waals surface area contributed by atoms with E-state index in [9.17, 15) is 0 Å². The first kappa shape index (κ1) is 20.8. The van der Waals surface area contributed by atoms with Gasteiger partial charge in [0.15, 0.2) is 0 Å². The molecule has 1 aliphatic heterocycles. The zero-order valence-electron chi connectivity index (χ0n) is 18.3. The summed E-state index contributed by atoms with van der Waals surface area (Å²) in [5.41, 5.74) is 3.46. The number of hydrogen-bond acceptors (Lipinski definition) is 3. The van der Waals surface area contributed by atoms with Crippen LogP contribution in [0.25, 0.3) is 11.1 Å². The SMILES string of the molecule is COc1cccc(OC)c1-c1cccc2c1[P@](C(C)(C)C)C(Cc1ccccc1)O2. The molecule has 0 saturated heterocycles. The van der Waals surface area contributed by atoms with Gasteiger partial charge in [-0.15, -0.1) is 0 Å². The summed E-state index contributed by atoms with van der Waals surface area (Å²) in [6.45, 7) is 6.97. The van der Waals surface area contributed by atoms with Crippen LogP contribution in [0.15, 0.2) is 66.7 Å². The number of hydrogen-bond donors (Lipinski definition) is 0. The van der Waals surface area contributed by atoms with Gasteiger partial charge in [0.2, 0.25) is 0 Å². The Labute approximate surface area is 180 Å². The predicted octanol–water partition coefficient (Wildman–Crippen LogP) is 6.24. The van der Waals surface area contributed by atoms with Crippen LogP contribution in [0, 0.1) is 0 Å². The molecule has 30 heavy (non-hydrogen) atoms. The van der Waals surface area contributed by atoms with Crippen molar-refractivity contribution in [3.05, 3.63) is 72.3 Å². The molecule has 0 fully saturated rings. The van der Waals surface area contributed by atoms with Gasteiger partial charge in [-0.2, -0.15) is 0 Å². The van der Waals surface area contributed by atoms with E-state index in [2.05, 4.69) is 69.3 Å². The van der Waals surface area contributed by atoms with E-state index < -0.39 is 7.92 Å². The molecule has 0 bridgehead atoms. The summed E-state index contributed by atoms with van der Waals surface area (Å²) in [5, 5.41) is 1.40. The second-order valence-corrected chi connectivity index (χ2v) is 11.6. The molecule has 4 rings (SSSR count). The minimum absolute atomic E-state index is 0.0887. The highest BCUT2D eigenvalue weighted by molar-refractivity contribution is 7.68. The molecule has 0 N–H and O–H groups in total. The minimum Gasteiger partial charge on any atom is -0.496 e. The Bertz CT molecular complexity index is 1000. The Morgan fingerprint density at radius 2 is 1.47 bits per heavy atom. The average molecular weight is 420 g/mol. The molecule has 2 atom stereocenters. The van der Waals surface area contributed by atoms with Gasteiger partial charge in [0.25, 0.3) is 0 Å². The summed E-state index contributed by atoms with van der Waals surface area (Å²) >= 11 is 0. The number of ether oxygens (including phenoxy) is 3. The predicted molar refractivity (Wildman–Crippen MR) is 126 cm³/mol. The number of benzene rings is 3. The quantitative estimate of drug-likeness (QED) is 0.458. The minimum atomic E-state index is -0.602. The molecule has 0 saturated carbocycles. The Hall–Kier alpha value is -2.51. The number of rotatable bonds is 5. The van der Waals surface area contributed by atoms with E-state index in [4.69, 9.17) is 14.2 Å². The first-order valence-corrected chi connectivity index (χ1v) is 11.7. The van der Waals surface area contributed by atoms with Gasteiger partial charge in [-0.25, -0.2) is 0 Å². The van der Waals surface area contributed by atoms with Gasteiger partial charge < -0.3 is 14.2 Å². The van der Waals surface area contributed by atoms with Gasteiger partial charge in [-0.3, -0.25) is 0 Å². The van der Waals surface area contributed by atoms with Crippen LogP contribution in [0.3, 0.4) is 0 Å². The van der Waals surface area contributed by atoms with Gasteiger partial charge in [-0.1, -0.05) is 69.3 Å². The number of fused-ring (bicyclic) bond motifs is 1. The zero-order valence-corrected chi connectivity index (χ0v) is 19.2. The molecular formula is C26H29O3P. The zero-order chi connectivity index (χ0) is 21.3. The summed E-state index contributed by atoms with van der Waals surface area (Å²) in [4.78, 5) is 0. The molecule has 0 amide bonds. The van der Waals surface area contributed by atoms with Crippen LogP contribution in [-0.2, 0) is 6.42 Å². The van der Waals surface area contributed by atoms with Crippen molar-refractivity contribution >= 4 is 13.2 Å². The molecule has 3 aromatic rings. The maximum absolute atomic E-state index is 6.61. The van der Waals surface area contributed by atoms with Crippen molar-refractivity contribution in [2.24, 2.45) is 0 Å². The van der Waals surface area contributed by atoms with E-state index in [0.29, 0.717) is 0 Å². The van der Waals surface area contributed by atoms with Gasteiger partial charge in [0.1, 0.15) is 23.1 Å². The van der Waals surface area contributed by atoms with Gasteiger partial charge in [-0.05, 0) is 36.8 Å². The summed E-state index contributed by atoms with van der Waals surface area (Å²) in [6, 6.07) is 22.9. The summed E-state index contributed by atoms with van der Waals surface area (Å²) in [6.07, 6.45) is 0.904. The standard InChI is InChI=1S/C26H29O3P/c1-26(2,3)30-23(17-18-11-7-6-8-12-18)29-22-16-9-13-19(25(22)30)24-20(27-4)14-10-15-21(24)28-5/h6-16,23H,17H2,1-5H3/t23?,30-/m1/s1. The van der Waals surface area contributed by atoms with Gasteiger partial charge >= 0.3 is 0 Å². The third-order valence-electron chi connectivity index (χ3n) is 5.46. The van der Waals surface area contributed by atoms with E-state index in [0.717, 1.165) is 34.8 Å². The average Bonchev–Trinajstić information content (AvgIpc) is 3.12. The van der Waals surface area contributed by atoms with Crippen molar-refractivity contribution in [1.82, 2.24) is 0 Å². The summed E-state index contributed by atoms with van der Waals surface area (Å²) < 4.78 is 18.1. The monoisotopic (exact) mass is 420 g/mol. The Morgan fingerprint density at radius 3 is 2.07 bits per heavy atom. The van der Waals surface area contributed by atoms with Crippen LogP contribution in [0.1, 0.15) is 26.3 Å². The van der Waals surface area contributed by atoms with Crippen molar-refractivity contribution in [3.8, 4) is 28.4 Å². The Kier molecular flexibility index (Phi) is 5.75. The van der Waals surface area contributed by atoms with Crippen LogP contribution in [0.2, 0.25) is 0 Å². The third kappa shape index (κ3) is 3.79. The van der Waals surface area contributed by atoms with Crippen LogP contribution in [0.5, 0.6) is 17.2 Å². The van der Waals surface area contributed by atoms with E-state index in [1.165, 1.54) is 10.9 Å². The van der Waals surface area contributed by atoms with Crippen molar-refractivity contribution in [2.75, 3.05) is 14.2 Å². The molecule has 1 heterocycles. The smallest absolute Gasteiger partial charge is 0.130 e. The lowest BCUT2D eigenvalue weighted by molar-refractivity contribution is 0.293. The fourth-order valence-corrected chi connectivity index (χ4v) is 7.49. The molecule has 3 nitrogen and oxygen atoms in total. The maximum atomic E-state index is 6.61. The Morgan fingerprint density at radius 1 is 0.833 bits per heavy atom. The lowest BCUT2D eigenvalue weighted by Gasteiger charge is -2.33. The molecule has 1 unspecified atom stereocenters. The highest BCUT2D eigenvalue weighted by atomic mass is 31.1. The molecule has 0 aliphatic carbocycles. The highest BCUT2D eigenvalue weighted by Gasteiger charge is 2.43.